The fraction of sp³-hybridized carbons (Fsp3) is 0.400. The van der Waals surface area contributed by atoms with Crippen molar-refractivity contribution >= 4 is 11.9 Å². The summed E-state index contributed by atoms with van der Waals surface area (Å²) in [7, 11) is 0. The van der Waals surface area contributed by atoms with Crippen molar-refractivity contribution in [2.24, 2.45) is 0 Å². The maximum atomic E-state index is 13.5. The quantitative estimate of drug-likeness (QED) is 0.603. The average molecular weight is 448 g/mol. The summed E-state index contributed by atoms with van der Waals surface area (Å²) >= 11 is 0. The van der Waals surface area contributed by atoms with Crippen LogP contribution >= 0.6 is 0 Å². The number of hydrogen-bond acceptors (Lipinski definition) is 6. The first-order chi connectivity index (χ1) is 16.2. The van der Waals surface area contributed by atoms with Crippen molar-refractivity contribution in [2.75, 3.05) is 31.7 Å². The Morgan fingerprint density at radius 3 is 2.76 bits per heavy atom. The van der Waals surface area contributed by atoms with Gasteiger partial charge in [0.15, 0.2) is 0 Å². The fourth-order valence-electron chi connectivity index (χ4n) is 4.64. The minimum absolute atomic E-state index is 0.0729. The lowest BCUT2D eigenvalue weighted by Crippen LogP contribution is -2.36. The van der Waals surface area contributed by atoms with Gasteiger partial charge in [-0.15, -0.1) is 0 Å². The molecule has 0 saturated carbocycles. The van der Waals surface area contributed by atoms with Crippen LogP contribution in [0.3, 0.4) is 0 Å². The van der Waals surface area contributed by atoms with Gasteiger partial charge in [-0.2, -0.15) is 0 Å². The molecule has 0 aliphatic carbocycles. The Morgan fingerprint density at radius 2 is 1.97 bits per heavy atom. The molecule has 0 spiro atoms. The van der Waals surface area contributed by atoms with Gasteiger partial charge in [-0.05, 0) is 37.0 Å². The molecule has 8 nitrogen and oxygen atoms in total. The Morgan fingerprint density at radius 1 is 1.15 bits per heavy atom. The smallest absolute Gasteiger partial charge is 0.271 e. The molecule has 4 heterocycles. The van der Waals surface area contributed by atoms with Crippen molar-refractivity contribution in [1.82, 2.24) is 19.4 Å². The van der Waals surface area contributed by atoms with Crippen LogP contribution in [0, 0.1) is 0 Å². The molecule has 1 amide bonds. The Balaban J connectivity index is 1.39. The van der Waals surface area contributed by atoms with E-state index in [9.17, 15) is 9.90 Å². The lowest BCUT2D eigenvalue weighted by molar-refractivity contribution is 0.0595. The molecule has 3 aromatic rings. The molecule has 8 heteroatoms. The van der Waals surface area contributed by atoms with Crippen LogP contribution in [0.4, 0.5) is 5.95 Å². The number of aliphatic hydroxyl groups is 1. The van der Waals surface area contributed by atoms with E-state index < -0.39 is 0 Å². The van der Waals surface area contributed by atoms with E-state index in [1.807, 2.05) is 53.2 Å². The standard InChI is InChI=1S/C25H29N5O3/c31-17-23(18-5-2-1-3-6-18)30-12-4-11-29-16-19(15-22(29)24(30)32)21-7-10-26-25(28-21)27-20-8-13-33-14-9-20/h1-3,5-7,10,15-16,20,23,31H,4,8-9,11-14,17H2,(H,26,27,28)/t23-/m1/s1. The van der Waals surface area contributed by atoms with Crippen LogP contribution in [0.1, 0.15) is 41.4 Å². The molecular weight excluding hydrogens is 418 g/mol. The largest absolute Gasteiger partial charge is 0.394 e. The van der Waals surface area contributed by atoms with Crippen LogP contribution < -0.4 is 5.32 Å². The van der Waals surface area contributed by atoms with Crippen LogP contribution in [0.5, 0.6) is 0 Å². The van der Waals surface area contributed by atoms with Gasteiger partial charge in [0.25, 0.3) is 5.91 Å². The minimum Gasteiger partial charge on any atom is -0.394 e. The summed E-state index contributed by atoms with van der Waals surface area (Å²) in [6, 6.07) is 13.4. The Bertz CT molecular complexity index is 1090. The summed E-state index contributed by atoms with van der Waals surface area (Å²) in [6.45, 7) is 2.72. The van der Waals surface area contributed by atoms with Crippen molar-refractivity contribution < 1.29 is 14.6 Å². The highest BCUT2D eigenvalue weighted by Crippen LogP contribution is 2.29. The molecule has 2 aliphatic heterocycles. The van der Waals surface area contributed by atoms with Crippen LogP contribution in [-0.2, 0) is 11.3 Å². The molecule has 2 N–H and O–H groups in total. The van der Waals surface area contributed by atoms with E-state index >= 15 is 0 Å². The third kappa shape index (κ3) is 4.62. The van der Waals surface area contributed by atoms with Gasteiger partial charge in [0.1, 0.15) is 5.69 Å². The number of ether oxygens (including phenoxy) is 1. The second-order valence-corrected chi connectivity index (χ2v) is 8.57. The lowest BCUT2D eigenvalue weighted by Gasteiger charge is -2.29. The van der Waals surface area contributed by atoms with Gasteiger partial charge in [0, 0.05) is 50.3 Å². The summed E-state index contributed by atoms with van der Waals surface area (Å²) in [5.41, 5.74) is 3.22. The first-order valence-electron chi connectivity index (χ1n) is 11.6. The normalized spacial score (nSPS) is 18.0. The first kappa shape index (κ1) is 21.6. The molecule has 1 fully saturated rings. The Hall–Kier alpha value is -3.23. The van der Waals surface area contributed by atoms with Crippen LogP contribution in [-0.4, -0.2) is 62.9 Å². The van der Waals surface area contributed by atoms with Crippen molar-refractivity contribution in [3.63, 3.8) is 0 Å². The monoisotopic (exact) mass is 447 g/mol. The third-order valence-electron chi connectivity index (χ3n) is 6.41. The lowest BCUT2D eigenvalue weighted by atomic mass is 10.1. The zero-order chi connectivity index (χ0) is 22.6. The molecule has 0 bridgehead atoms. The highest BCUT2D eigenvalue weighted by molar-refractivity contribution is 5.95. The van der Waals surface area contributed by atoms with Crippen molar-refractivity contribution in [3.8, 4) is 11.3 Å². The van der Waals surface area contributed by atoms with Crippen LogP contribution in [0.15, 0.2) is 54.9 Å². The summed E-state index contributed by atoms with van der Waals surface area (Å²) in [5, 5.41) is 13.5. The maximum Gasteiger partial charge on any atom is 0.271 e. The number of carbonyl (C=O) groups excluding carboxylic acids is 1. The average Bonchev–Trinajstić information content (AvgIpc) is 3.23. The number of amides is 1. The molecule has 0 radical (unpaired) electrons. The van der Waals surface area contributed by atoms with Gasteiger partial charge in [-0.25, -0.2) is 9.97 Å². The number of rotatable bonds is 6. The zero-order valence-corrected chi connectivity index (χ0v) is 18.6. The first-order valence-corrected chi connectivity index (χ1v) is 11.6. The second-order valence-electron chi connectivity index (χ2n) is 8.57. The van der Waals surface area contributed by atoms with Crippen molar-refractivity contribution in [3.05, 3.63) is 66.1 Å². The Kier molecular flexibility index (Phi) is 6.37. The number of aliphatic hydroxyl groups excluding tert-OH is 1. The molecule has 0 unspecified atom stereocenters. The molecule has 2 aromatic heterocycles. The van der Waals surface area contributed by atoms with E-state index in [-0.39, 0.29) is 18.6 Å². The van der Waals surface area contributed by atoms with Crippen LogP contribution in [0.25, 0.3) is 11.3 Å². The number of carbonyl (C=O) groups is 1. The number of nitrogens with zero attached hydrogens (tertiary/aromatic N) is 4. The van der Waals surface area contributed by atoms with E-state index in [0.29, 0.717) is 24.2 Å². The molecular formula is C25H29N5O3. The van der Waals surface area contributed by atoms with Gasteiger partial charge in [0.2, 0.25) is 5.95 Å². The summed E-state index contributed by atoms with van der Waals surface area (Å²) in [5.74, 6) is 0.523. The molecule has 33 heavy (non-hydrogen) atoms. The molecule has 1 aromatic carbocycles. The third-order valence-corrected chi connectivity index (χ3v) is 6.41. The van der Waals surface area contributed by atoms with Gasteiger partial charge >= 0.3 is 0 Å². The molecule has 172 valence electrons. The number of anilines is 1. The highest BCUT2D eigenvalue weighted by Gasteiger charge is 2.30. The molecule has 1 saturated heterocycles. The predicted molar refractivity (Wildman–Crippen MR) is 125 cm³/mol. The summed E-state index contributed by atoms with van der Waals surface area (Å²) in [4.78, 5) is 24.4. The fourth-order valence-corrected chi connectivity index (χ4v) is 4.64. The van der Waals surface area contributed by atoms with Gasteiger partial charge in [0.05, 0.1) is 18.3 Å². The number of benzene rings is 1. The maximum absolute atomic E-state index is 13.5. The van der Waals surface area contributed by atoms with Gasteiger partial charge in [-0.3, -0.25) is 4.79 Å². The number of fused-ring (bicyclic) bond motifs is 1. The van der Waals surface area contributed by atoms with Crippen molar-refractivity contribution in [2.45, 2.75) is 37.9 Å². The SMILES string of the molecule is O=C1c2cc(-c3ccnc(NC4CCOCC4)n3)cn2CCCN1[C@H](CO)c1ccccc1. The summed E-state index contributed by atoms with van der Waals surface area (Å²) in [6.07, 6.45) is 6.43. The minimum atomic E-state index is -0.363. The van der Waals surface area contributed by atoms with E-state index in [4.69, 9.17) is 9.72 Å². The van der Waals surface area contributed by atoms with E-state index in [0.717, 1.165) is 55.8 Å². The highest BCUT2D eigenvalue weighted by atomic mass is 16.5. The predicted octanol–water partition coefficient (Wildman–Crippen LogP) is 3.12. The number of nitrogens with one attached hydrogen (secondary N) is 1. The summed E-state index contributed by atoms with van der Waals surface area (Å²) < 4.78 is 7.43. The zero-order valence-electron chi connectivity index (χ0n) is 18.6. The molecule has 1 atom stereocenters. The topological polar surface area (TPSA) is 92.5 Å². The van der Waals surface area contributed by atoms with Gasteiger partial charge < -0.3 is 24.6 Å². The molecule has 2 aliphatic rings. The number of hydrogen-bond donors (Lipinski definition) is 2. The van der Waals surface area contributed by atoms with Gasteiger partial charge in [-0.1, -0.05) is 30.3 Å². The van der Waals surface area contributed by atoms with E-state index in [1.54, 1.807) is 11.1 Å². The Labute approximate surface area is 193 Å². The van der Waals surface area contributed by atoms with E-state index in [1.165, 1.54) is 0 Å². The van der Waals surface area contributed by atoms with E-state index in [2.05, 4.69) is 10.3 Å². The van der Waals surface area contributed by atoms with Crippen LogP contribution in [0.2, 0.25) is 0 Å². The molecule has 5 rings (SSSR count). The number of aryl methyl sites for hydroxylation is 1. The van der Waals surface area contributed by atoms with Crippen molar-refractivity contribution in [1.29, 1.82) is 0 Å². The number of aromatic nitrogens is 3. The second kappa shape index (κ2) is 9.72.